The monoisotopic (exact) mass is 187 g/mol. The van der Waals surface area contributed by atoms with Gasteiger partial charge in [-0.3, -0.25) is 9.58 Å². The number of hydrogen-bond donors (Lipinski definition) is 0. The molecule has 1 aliphatic heterocycles. The van der Waals surface area contributed by atoms with Gasteiger partial charge in [0, 0.05) is 25.5 Å². The molecule has 0 radical (unpaired) electrons. The number of aromatic nitrogens is 2. The smallest absolute Gasteiger partial charge is 0.251 e. The second-order valence-electron chi connectivity index (χ2n) is 3.25. The van der Waals surface area contributed by atoms with E-state index in [-0.39, 0.29) is 12.6 Å². The van der Waals surface area contributed by atoms with Crippen LogP contribution < -0.4 is 0 Å². The summed E-state index contributed by atoms with van der Waals surface area (Å²) in [5, 5.41) is 4.05. The molecule has 1 aromatic heterocycles. The van der Waals surface area contributed by atoms with E-state index < -0.39 is 6.43 Å². The topological polar surface area (TPSA) is 21.1 Å². The van der Waals surface area contributed by atoms with Crippen molar-refractivity contribution >= 4 is 0 Å². The van der Waals surface area contributed by atoms with Crippen molar-refractivity contribution in [2.75, 3.05) is 19.6 Å². The summed E-state index contributed by atoms with van der Waals surface area (Å²) in [4.78, 5) is 1.73. The second kappa shape index (κ2) is 3.41. The highest BCUT2D eigenvalue weighted by Crippen LogP contribution is 2.20. The minimum absolute atomic E-state index is 0.113. The number of likely N-dealkylation sites (tertiary alicyclic amines) is 1. The van der Waals surface area contributed by atoms with E-state index in [1.54, 1.807) is 11.1 Å². The van der Waals surface area contributed by atoms with Crippen LogP contribution in [-0.4, -0.2) is 40.7 Å². The van der Waals surface area contributed by atoms with E-state index in [1.165, 1.54) is 0 Å². The molecule has 0 bridgehead atoms. The molecule has 1 fully saturated rings. The molecule has 0 unspecified atom stereocenters. The molecule has 1 aliphatic rings. The van der Waals surface area contributed by atoms with Crippen molar-refractivity contribution in [2.45, 2.75) is 12.5 Å². The average Bonchev–Trinajstić information content (AvgIpc) is 2.46. The van der Waals surface area contributed by atoms with E-state index in [9.17, 15) is 8.78 Å². The van der Waals surface area contributed by atoms with E-state index in [0.29, 0.717) is 13.1 Å². The molecule has 0 N–H and O–H groups in total. The quantitative estimate of drug-likeness (QED) is 0.704. The van der Waals surface area contributed by atoms with Crippen molar-refractivity contribution < 1.29 is 8.78 Å². The summed E-state index contributed by atoms with van der Waals surface area (Å²) in [7, 11) is 0. The zero-order valence-electron chi connectivity index (χ0n) is 7.11. The van der Waals surface area contributed by atoms with Gasteiger partial charge in [0.15, 0.2) is 0 Å². The molecule has 72 valence electrons. The molecule has 2 heterocycles. The zero-order valence-corrected chi connectivity index (χ0v) is 7.11. The highest BCUT2D eigenvalue weighted by molar-refractivity contribution is 4.89. The molecule has 0 aromatic carbocycles. The van der Waals surface area contributed by atoms with Gasteiger partial charge in [-0.15, -0.1) is 0 Å². The SMILES string of the molecule is FC(F)CN1CC(n2cccn2)C1. The predicted octanol–water partition coefficient (Wildman–Crippen LogP) is 1.00. The van der Waals surface area contributed by atoms with Crippen LogP contribution in [0.15, 0.2) is 18.5 Å². The van der Waals surface area contributed by atoms with Gasteiger partial charge in [0.2, 0.25) is 0 Å². The van der Waals surface area contributed by atoms with E-state index in [0.717, 1.165) is 0 Å². The van der Waals surface area contributed by atoms with Gasteiger partial charge in [0.25, 0.3) is 6.43 Å². The molecule has 3 nitrogen and oxygen atoms in total. The molecule has 5 heteroatoms. The fraction of sp³-hybridized carbons (Fsp3) is 0.625. The van der Waals surface area contributed by atoms with Crippen LogP contribution in [0, 0.1) is 0 Å². The van der Waals surface area contributed by atoms with Crippen molar-refractivity contribution in [3.8, 4) is 0 Å². The molecule has 0 atom stereocenters. The minimum Gasteiger partial charge on any atom is -0.293 e. The molecule has 0 spiro atoms. The summed E-state index contributed by atoms with van der Waals surface area (Å²) >= 11 is 0. The summed E-state index contributed by atoms with van der Waals surface area (Å²) < 4.78 is 25.6. The number of halogens is 2. The molecule has 0 saturated carbocycles. The summed E-state index contributed by atoms with van der Waals surface area (Å²) in [6, 6.07) is 2.13. The van der Waals surface area contributed by atoms with Crippen LogP contribution in [0.1, 0.15) is 6.04 Å². The fourth-order valence-electron chi connectivity index (χ4n) is 1.55. The Kier molecular flexibility index (Phi) is 2.26. The Bertz CT molecular complexity index is 254. The minimum atomic E-state index is -2.22. The van der Waals surface area contributed by atoms with Gasteiger partial charge >= 0.3 is 0 Å². The van der Waals surface area contributed by atoms with Crippen LogP contribution in [0.5, 0.6) is 0 Å². The Balaban J connectivity index is 1.79. The highest BCUT2D eigenvalue weighted by Gasteiger charge is 2.29. The molecule has 0 aliphatic carbocycles. The molecule has 2 rings (SSSR count). The average molecular weight is 187 g/mol. The summed E-state index contributed by atoms with van der Waals surface area (Å²) in [5.74, 6) is 0. The standard InChI is InChI=1S/C8H11F2N3/c9-8(10)6-12-4-7(5-12)13-3-1-2-11-13/h1-3,7-8H,4-6H2. The number of rotatable bonds is 3. The summed E-state index contributed by atoms with van der Waals surface area (Å²) in [5.41, 5.74) is 0. The maximum absolute atomic E-state index is 11.9. The third-order valence-electron chi connectivity index (χ3n) is 2.23. The first-order valence-corrected chi connectivity index (χ1v) is 4.25. The van der Waals surface area contributed by atoms with Crippen molar-refractivity contribution in [1.82, 2.24) is 14.7 Å². The third kappa shape index (κ3) is 1.85. The van der Waals surface area contributed by atoms with Crippen LogP contribution in [-0.2, 0) is 0 Å². The Morgan fingerprint density at radius 3 is 2.77 bits per heavy atom. The van der Waals surface area contributed by atoms with Gasteiger partial charge in [-0.25, -0.2) is 8.78 Å². The molecular formula is C8H11F2N3. The van der Waals surface area contributed by atoms with Crippen LogP contribution in [0.2, 0.25) is 0 Å². The summed E-state index contributed by atoms with van der Waals surface area (Å²) in [6.07, 6.45) is 1.35. The van der Waals surface area contributed by atoms with Crippen molar-refractivity contribution in [2.24, 2.45) is 0 Å². The van der Waals surface area contributed by atoms with Gasteiger partial charge in [0.1, 0.15) is 0 Å². The lowest BCUT2D eigenvalue weighted by atomic mass is 10.1. The third-order valence-corrected chi connectivity index (χ3v) is 2.23. The van der Waals surface area contributed by atoms with E-state index in [1.807, 2.05) is 16.9 Å². The van der Waals surface area contributed by atoms with Crippen molar-refractivity contribution in [3.05, 3.63) is 18.5 Å². The molecule has 0 amide bonds. The van der Waals surface area contributed by atoms with E-state index >= 15 is 0 Å². The van der Waals surface area contributed by atoms with Crippen LogP contribution in [0.3, 0.4) is 0 Å². The lowest BCUT2D eigenvalue weighted by Gasteiger charge is -2.38. The maximum atomic E-state index is 11.9. The zero-order chi connectivity index (χ0) is 9.26. The molecule has 1 aromatic rings. The second-order valence-corrected chi connectivity index (χ2v) is 3.25. The Morgan fingerprint density at radius 1 is 1.46 bits per heavy atom. The largest absolute Gasteiger partial charge is 0.293 e. The first-order valence-electron chi connectivity index (χ1n) is 4.25. The van der Waals surface area contributed by atoms with Crippen LogP contribution in [0.4, 0.5) is 8.78 Å². The van der Waals surface area contributed by atoms with Gasteiger partial charge in [-0.05, 0) is 6.07 Å². The van der Waals surface area contributed by atoms with Crippen LogP contribution in [0.25, 0.3) is 0 Å². The predicted molar refractivity (Wildman–Crippen MR) is 43.7 cm³/mol. The number of hydrogen-bond acceptors (Lipinski definition) is 2. The fourth-order valence-corrected chi connectivity index (χ4v) is 1.55. The summed E-state index contributed by atoms with van der Waals surface area (Å²) in [6.45, 7) is 1.26. The Morgan fingerprint density at radius 2 is 2.23 bits per heavy atom. The van der Waals surface area contributed by atoms with Gasteiger partial charge in [-0.2, -0.15) is 5.10 Å². The van der Waals surface area contributed by atoms with Crippen molar-refractivity contribution in [3.63, 3.8) is 0 Å². The molecule has 13 heavy (non-hydrogen) atoms. The normalized spacial score (nSPS) is 19.3. The molecular weight excluding hydrogens is 176 g/mol. The number of alkyl halides is 2. The Hall–Kier alpha value is -0.970. The number of nitrogens with zero attached hydrogens (tertiary/aromatic N) is 3. The highest BCUT2D eigenvalue weighted by atomic mass is 19.3. The lowest BCUT2D eigenvalue weighted by Crippen LogP contribution is -2.49. The van der Waals surface area contributed by atoms with Gasteiger partial charge in [0.05, 0.1) is 12.6 Å². The van der Waals surface area contributed by atoms with E-state index in [4.69, 9.17) is 0 Å². The Labute approximate surface area is 74.9 Å². The molecule has 1 saturated heterocycles. The first-order chi connectivity index (χ1) is 6.25. The van der Waals surface area contributed by atoms with Gasteiger partial charge < -0.3 is 0 Å². The van der Waals surface area contributed by atoms with Crippen molar-refractivity contribution in [1.29, 1.82) is 0 Å². The van der Waals surface area contributed by atoms with Crippen LogP contribution >= 0.6 is 0 Å². The van der Waals surface area contributed by atoms with Gasteiger partial charge in [-0.1, -0.05) is 0 Å². The first kappa shape index (κ1) is 8.62. The van der Waals surface area contributed by atoms with E-state index in [2.05, 4.69) is 5.10 Å². The lowest BCUT2D eigenvalue weighted by molar-refractivity contribution is 0.0259. The maximum Gasteiger partial charge on any atom is 0.251 e.